The van der Waals surface area contributed by atoms with E-state index in [9.17, 15) is 0 Å². The second kappa shape index (κ2) is 10.9. The van der Waals surface area contributed by atoms with Gasteiger partial charge in [0.2, 0.25) is 23.5 Å². The first-order valence-electron chi connectivity index (χ1n) is 16.3. The van der Waals surface area contributed by atoms with Crippen LogP contribution in [-0.4, -0.2) is 28.6 Å². The van der Waals surface area contributed by atoms with E-state index in [0.717, 1.165) is 72.8 Å². The predicted octanol–water partition coefficient (Wildman–Crippen LogP) is 8.78. The van der Waals surface area contributed by atoms with Gasteiger partial charge in [-0.3, -0.25) is 13.5 Å². The lowest BCUT2D eigenvalue weighted by Crippen LogP contribution is -2.36. The van der Waals surface area contributed by atoms with E-state index in [1.165, 1.54) is 0 Å². The van der Waals surface area contributed by atoms with Crippen molar-refractivity contribution < 1.29 is 4.68 Å². The maximum Gasteiger partial charge on any atom is 0.238 e. The number of hydrogen-bond donors (Lipinski definition) is 0. The number of hydrogen-bond acceptors (Lipinski definition) is 3. The van der Waals surface area contributed by atoms with Crippen LogP contribution in [0.15, 0.2) is 170 Å². The average molecular weight is 631 g/mol. The van der Waals surface area contributed by atoms with Gasteiger partial charge >= 0.3 is 0 Å². The van der Waals surface area contributed by atoms with Crippen molar-refractivity contribution >= 4 is 38.9 Å². The SMILES string of the molecule is c1ccc(-c2c[n+](-c3ccc(-n4c5ccccc5n5c6c7ccccc7n(-c7ccccc7)c6nc45)cc3)nc(-c3ccccc3)n2)cc1. The van der Waals surface area contributed by atoms with Crippen molar-refractivity contribution in [2.24, 2.45) is 0 Å². The van der Waals surface area contributed by atoms with E-state index in [2.05, 4.69) is 123 Å². The summed E-state index contributed by atoms with van der Waals surface area (Å²) >= 11 is 0. The monoisotopic (exact) mass is 630 g/mol. The van der Waals surface area contributed by atoms with Crippen molar-refractivity contribution in [3.05, 3.63) is 170 Å². The van der Waals surface area contributed by atoms with Gasteiger partial charge in [-0.25, -0.2) is 4.98 Å². The first kappa shape index (κ1) is 27.3. The summed E-state index contributed by atoms with van der Waals surface area (Å²) in [4.78, 5) is 10.3. The maximum atomic E-state index is 5.38. The summed E-state index contributed by atoms with van der Waals surface area (Å²) in [7, 11) is 0. The Balaban J connectivity index is 1.16. The fraction of sp³-hybridized carbons (Fsp3) is 0. The first-order chi connectivity index (χ1) is 24.3. The van der Waals surface area contributed by atoms with Crippen LogP contribution in [0.2, 0.25) is 0 Å². The standard InChI is InChI=1S/C42H28N7/c1-4-14-29(15-5-1)35-28-46(45-40(43-35)30-16-6-2-7-17-30)31-24-26-33(27-25-31)48-37-22-12-13-23-38(37)49-39-34-20-10-11-21-36(34)47(41(39)44-42(48)49)32-18-8-3-9-19-32/h1-28H/q+1. The molecule has 4 heterocycles. The third kappa shape index (κ3) is 4.29. The maximum absolute atomic E-state index is 5.38. The van der Waals surface area contributed by atoms with Gasteiger partial charge in [0.25, 0.3) is 0 Å². The lowest BCUT2D eigenvalue weighted by Gasteiger charge is -2.07. The van der Waals surface area contributed by atoms with Crippen LogP contribution in [0, 0.1) is 0 Å². The van der Waals surface area contributed by atoms with Crippen LogP contribution in [-0.2, 0) is 0 Å². The van der Waals surface area contributed by atoms with E-state index >= 15 is 0 Å². The zero-order valence-corrected chi connectivity index (χ0v) is 26.3. The summed E-state index contributed by atoms with van der Waals surface area (Å²) in [5.74, 6) is 1.53. The summed E-state index contributed by atoms with van der Waals surface area (Å²) in [6.45, 7) is 0. The van der Waals surface area contributed by atoms with Gasteiger partial charge in [0.15, 0.2) is 5.65 Å². The molecular weight excluding hydrogens is 603 g/mol. The highest BCUT2D eigenvalue weighted by atomic mass is 15.3. The Kier molecular flexibility index (Phi) is 6.04. The van der Waals surface area contributed by atoms with Crippen molar-refractivity contribution in [3.63, 3.8) is 0 Å². The summed E-state index contributed by atoms with van der Waals surface area (Å²) < 4.78 is 8.74. The Morgan fingerprint density at radius 1 is 0.469 bits per heavy atom. The van der Waals surface area contributed by atoms with Gasteiger partial charge in [-0.1, -0.05) is 109 Å². The number of benzene rings is 6. The van der Waals surface area contributed by atoms with Crippen molar-refractivity contribution in [2.45, 2.75) is 0 Å². The van der Waals surface area contributed by atoms with Crippen LogP contribution in [0.5, 0.6) is 0 Å². The predicted molar refractivity (Wildman–Crippen MR) is 194 cm³/mol. The zero-order chi connectivity index (χ0) is 32.3. The highest BCUT2D eigenvalue weighted by molar-refractivity contribution is 6.09. The second-order valence-electron chi connectivity index (χ2n) is 12.1. The third-order valence-electron chi connectivity index (χ3n) is 9.18. The van der Waals surface area contributed by atoms with Crippen LogP contribution in [0.25, 0.3) is 78.6 Å². The van der Waals surface area contributed by atoms with Gasteiger partial charge in [-0.15, -0.1) is 0 Å². The van der Waals surface area contributed by atoms with Crippen molar-refractivity contribution in [2.75, 3.05) is 0 Å². The van der Waals surface area contributed by atoms with E-state index in [0.29, 0.717) is 5.82 Å². The van der Waals surface area contributed by atoms with Crippen LogP contribution < -0.4 is 4.68 Å². The molecule has 0 aliphatic heterocycles. The summed E-state index contributed by atoms with van der Waals surface area (Å²) in [6.07, 6.45) is 1.99. The van der Waals surface area contributed by atoms with E-state index < -0.39 is 0 Å². The summed E-state index contributed by atoms with van der Waals surface area (Å²) in [6, 6.07) is 56.4. The molecule has 7 nitrogen and oxygen atoms in total. The van der Waals surface area contributed by atoms with Gasteiger partial charge in [0.05, 0.1) is 16.6 Å². The number of nitrogens with zero attached hydrogens (tertiary/aromatic N) is 7. The molecular formula is C42H28N7+. The molecule has 10 rings (SSSR count). The molecule has 6 aromatic carbocycles. The van der Waals surface area contributed by atoms with E-state index in [1.807, 2.05) is 65.5 Å². The molecule has 0 aliphatic rings. The van der Waals surface area contributed by atoms with Crippen LogP contribution >= 0.6 is 0 Å². The molecule has 49 heavy (non-hydrogen) atoms. The van der Waals surface area contributed by atoms with Crippen LogP contribution in [0.4, 0.5) is 0 Å². The molecule has 0 fully saturated rings. The van der Waals surface area contributed by atoms with E-state index in [4.69, 9.17) is 15.1 Å². The fourth-order valence-electron chi connectivity index (χ4n) is 6.95. The normalized spacial score (nSPS) is 11.7. The van der Waals surface area contributed by atoms with Crippen LogP contribution in [0.3, 0.4) is 0 Å². The highest BCUT2D eigenvalue weighted by Crippen LogP contribution is 2.36. The number of imidazole rings is 2. The van der Waals surface area contributed by atoms with Gasteiger partial charge in [-0.05, 0) is 47.1 Å². The third-order valence-corrected chi connectivity index (χ3v) is 9.18. The molecule has 4 aromatic heterocycles. The average Bonchev–Trinajstić information content (AvgIpc) is 3.81. The molecule has 0 amide bonds. The van der Waals surface area contributed by atoms with Gasteiger partial charge < -0.3 is 0 Å². The molecule has 0 bridgehead atoms. The molecule has 7 heteroatoms. The second-order valence-corrected chi connectivity index (χ2v) is 12.1. The molecule has 0 radical (unpaired) electrons. The minimum Gasteiger partial charge on any atom is -0.292 e. The van der Waals surface area contributed by atoms with Crippen molar-refractivity contribution in [1.29, 1.82) is 0 Å². The molecule has 10 aromatic rings. The molecule has 0 aliphatic carbocycles. The molecule has 0 unspecified atom stereocenters. The fourth-order valence-corrected chi connectivity index (χ4v) is 6.95. The van der Waals surface area contributed by atoms with Gasteiger partial charge in [-0.2, -0.15) is 4.98 Å². The molecule has 0 atom stereocenters. The molecule has 0 N–H and O–H groups in total. The molecule has 0 saturated carbocycles. The number of aromatic nitrogens is 7. The van der Waals surface area contributed by atoms with Crippen molar-refractivity contribution in [3.8, 4) is 39.7 Å². The topological polar surface area (TPSA) is 56.8 Å². The molecule has 0 spiro atoms. The van der Waals surface area contributed by atoms with E-state index in [1.54, 1.807) is 0 Å². The van der Waals surface area contributed by atoms with Gasteiger partial charge in [0.1, 0.15) is 11.2 Å². The number of para-hydroxylation sites is 4. The summed E-state index contributed by atoms with van der Waals surface area (Å²) in [5.41, 5.74) is 11.2. The quantitative estimate of drug-likeness (QED) is 0.179. The highest BCUT2D eigenvalue weighted by Gasteiger charge is 2.24. The Hall–Kier alpha value is -6.86. The minimum atomic E-state index is 0.666. The molecule has 230 valence electrons. The molecule has 0 saturated heterocycles. The lowest BCUT2D eigenvalue weighted by atomic mass is 10.1. The smallest absolute Gasteiger partial charge is 0.238 e. The Bertz CT molecular complexity index is 2740. The Morgan fingerprint density at radius 3 is 1.80 bits per heavy atom. The zero-order valence-electron chi connectivity index (χ0n) is 26.3. The minimum absolute atomic E-state index is 0.666. The summed E-state index contributed by atoms with van der Waals surface area (Å²) in [5, 5.41) is 6.12. The van der Waals surface area contributed by atoms with Gasteiger partial charge in [0, 0.05) is 45.1 Å². The van der Waals surface area contributed by atoms with Crippen LogP contribution in [0.1, 0.15) is 0 Å². The Labute approximate surface area is 281 Å². The lowest BCUT2D eigenvalue weighted by molar-refractivity contribution is -0.658. The first-order valence-corrected chi connectivity index (χ1v) is 16.3. The van der Waals surface area contributed by atoms with Crippen molar-refractivity contribution in [1.82, 2.24) is 28.6 Å². The largest absolute Gasteiger partial charge is 0.292 e. The number of fused-ring (bicyclic) bond motifs is 7. The van der Waals surface area contributed by atoms with E-state index in [-0.39, 0.29) is 0 Å². The Morgan fingerprint density at radius 2 is 1.06 bits per heavy atom. The number of rotatable bonds is 5.